The highest BCUT2D eigenvalue weighted by molar-refractivity contribution is 6.37. The minimum absolute atomic E-state index is 0.616. The molecule has 0 aliphatic heterocycles. The van der Waals surface area contributed by atoms with Crippen molar-refractivity contribution in [1.82, 2.24) is 19.9 Å². The van der Waals surface area contributed by atoms with Crippen molar-refractivity contribution < 1.29 is 0 Å². The van der Waals surface area contributed by atoms with E-state index in [1.165, 1.54) is 70.2 Å². The van der Waals surface area contributed by atoms with Gasteiger partial charge in [-0.2, -0.15) is 0 Å². The molecule has 0 aliphatic carbocycles. The largest absolute Gasteiger partial charge is 0.264 e. The number of aromatic nitrogens is 4. The second-order valence-corrected chi connectivity index (χ2v) is 16.2. The van der Waals surface area contributed by atoms with E-state index < -0.39 is 0 Å². The lowest BCUT2D eigenvalue weighted by Crippen LogP contribution is -2.01. The summed E-state index contributed by atoms with van der Waals surface area (Å²) in [5.41, 5.74) is 7.21. The van der Waals surface area contributed by atoms with Crippen molar-refractivity contribution in [3.8, 4) is 56.4 Å². The van der Waals surface area contributed by atoms with Crippen molar-refractivity contribution in [2.45, 2.75) is 0 Å². The van der Waals surface area contributed by atoms with Crippen LogP contribution in [0.3, 0.4) is 0 Å². The fraction of sp³-hybridized carbons (Fsp3) is 0. The van der Waals surface area contributed by atoms with Gasteiger partial charge in [-0.05, 0) is 122 Å². The van der Waals surface area contributed by atoms with Gasteiger partial charge in [0.05, 0.1) is 0 Å². The fourth-order valence-electron chi connectivity index (χ4n) is 9.90. The van der Waals surface area contributed by atoms with Crippen LogP contribution in [0.25, 0.3) is 132 Å². The summed E-state index contributed by atoms with van der Waals surface area (Å²) in [6, 6.07) is 69.9. The minimum Gasteiger partial charge on any atom is -0.264 e. The maximum atomic E-state index is 5.23. The van der Waals surface area contributed by atoms with Crippen LogP contribution in [0.15, 0.2) is 207 Å². The molecular formula is C58H34N4. The standard InChI is InChI=1S/C58H34N4/c1-2-11-38(12-3-1)56-60-57(41-17-6-16-39(31-41)42-18-10-30-59-34-42)62-58(61-56)50-29-28-44(45-19-4-5-20-46(45)50)43-32-40-27-26-37-14-8-22-48-47-21-7-13-35-24-25-36-15-9-23-49(54(36)52(35)47)51(33-43)55(40)53(37)48/h1-34H. The summed E-state index contributed by atoms with van der Waals surface area (Å²) in [5, 5.41) is 17.5. The van der Waals surface area contributed by atoms with Gasteiger partial charge in [0.15, 0.2) is 17.5 Å². The minimum atomic E-state index is 0.616. The highest BCUT2D eigenvalue weighted by Gasteiger charge is 2.19. The first kappa shape index (κ1) is 34.5. The first-order chi connectivity index (χ1) is 30.7. The van der Waals surface area contributed by atoms with Crippen molar-refractivity contribution in [3.05, 3.63) is 207 Å². The summed E-state index contributed by atoms with van der Waals surface area (Å²) in [5.74, 6) is 1.87. The Kier molecular flexibility index (Phi) is 7.57. The lowest BCUT2D eigenvalue weighted by Gasteiger charge is -2.18. The van der Waals surface area contributed by atoms with Crippen LogP contribution in [0.2, 0.25) is 0 Å². The lowest BCUT2D eigenvalue weighted by molar-refractivity contribution is 1.08. The highest BCUT2D eigenvalue weighted by atomic mass is 15.0. The third kappa shape index (κ3) is 5.33. The van der Waals surface area contributed by atoms with Crippen LogP contribution < -0.4 is 0 Å². The Balaban J connectivity index is 1.06. The Labute approximate surface area is 356 Å². The van der Waals surface area contributed by atoms with Crippen molar-refractivity contribution in [2.24, 2.45) is 0 Å². The van der Waals surface area contributed by atoms with Crippen LogP contribution in [0, 0.1) is 0 Å². The number of nitrogens with zero attached hydrogens (tertiary/aromatic N) is 4. The van der Waals surface area contributed by atoms with Crippen LogP contribution >= 0.6 is 0 Å². The third-order valence-electron chi connectivity index (χ3n) is 12.7. The molecule has 0 saturated carbocycles. The van der Waals surface area contributed by atoms with E-state index in [0.717, 1.165) is 44.2 Å². The maximum Gasteiger partial charge on any atom is 0.164 e. The first-order valence-electron chi connectivity index (χ1n) is 21.0. The summed E-state index contributed by atoms with van der Waals surface area (Å²) in [7, 11) is 0. The van der Waals surface area contributed by atoms with Gasteiger partial charge in [0.1, 0.15) is 0 Å². The number of rotatable bonds is 5. The van der Waals surface area contributed by atoms with Crippen LogP contribution in [-0.2, 0) is 0 Å². The molecule has 0 aliphatic rings. The monoisotopic (exact) mass is 786 g/mol. The van der Waals surface area contributed by atoms with Gasteiger partial charge in [-0.3, -0.25) is 4.98 Å². The molecule has 2 heterocycles. The van der Waals surface area contributed by atoms with E-state index in [0.29, 0.717) is 17.5 Å². The van der Waals surface area contributed by atoms with Gasteiger partial charge in [-0.25, -0.2) is 15.0 Å². The van der Waals surface area contributed by atoms with E-state index in [1.807, 2.05) is 30.5 Å². The molecule has 0 atom stereocenters. The zero-order valence-corrected chi connectivity index (χ0v) is 33.4. The number of fused-ring (bicyclic) bond motifs is 3. The quantitative estimate of drug-likeness (QED) is 0.163. The average molecular weight is 787 g/mol. The molecule has 0 unspecified atom stereocenters. The van der Waals surface area contributed by atoms with Gasteiger partial charge in [0.2, 0.25) is 0 Å². The molecule has 2 aromatic heterocycles. The molecule has 4 heteroatoms. The van der Waals surface area contributed by atoms with Crippen LogP contribution in [-0.4, -0.2) is 19.9 Å². The lowest BCUT2D eigenvalue weighted by atomic mass is 9.86. The van der Waals surface area contributed by atoms with Crippen LogP contribution in [0.1, 0.15) is 0 Å². The van der Waals surface area contributed by atoms with E-state index in [-0.39, 0.29) is 0 Å². The molecule has 0 spiro atoms. The second kappa shape index (κ2) is 13.6. The Morgan fingerprint density at radius 3 is 1.44 bits per heavy atom. The SMILES string of the molecule is c1ccc(-c2nc(-c3cccc(-c4cccnc4)c3)nc(-c3ccc(-c4cc5ccc6cccc7c8cccc9ccc%10cccc(c(c4)c5c67)c%10c98)c4ccccc34)n2)cc1. The maximum absolute atomic E-state index is 5.23. The summed E-state index contributed by atoms with van der Waals surface area (Å²) < 4.78 is 0. The molecule has 0 saturated heterocycles. The molecule has 0 amide bonds. The summed E-state index contributed by atoms with van der Waals surface area (Å²) in [6.45, 7) is 0. The summed E-state index contributed by atoms with van der Waals surface area (Å²) >= 11 is 0. The first-order valence-corrected chi connectivity index (χ1v) is 21.0. The van der Waals surface area contributed by atoms with Gasteiger partial charge in [0.25, 0.3) is 0 Å². The van der Waals surface area contributed by atoms with Crippen molar-refractivity contribution in [1.29, 1.82) is 0 Å². The van der Waals surface area contributed by atoms with Gasteiger partial charge in [0, 0.05) is 34.6 Å². The molecule has 0 bridgehead atoms. The van der Waals surface area contributed by atoms with Crippen LogP contribution in [0.5, 0.6) is 0 Å². The van der Waals surface area contributed by atoms with Gasteiger partial charge in [-0.1, -0.05) is 164 Å². The Morgan fingerprint density at radius 2 is 0.758 bits per heavy atom. The number of hydrogen-bond acceptors (Lipinski definition) is 4. The molecule has 0 N–H and O–H groups in total. The molecular weight excluding hydrogens is 753 g/mol. The predicted molar refractivity (Wildman–Crippen MR) is 259 cm³/mol. The van der Waals surface area contributed by atoms with E-state index in [4.69, 9.17) is 15.0 Å². The Hall–Kier alpha value is -8.34. The molecule has 13 rings (SSSR count). The normalized spacial score (nSPS) is 11.9. The Bertz CT molecular complexity index is 3910. The molecule has 0 fully saturated rings. The highest BCUT2D eigenvalue weighted by Crippen LogP contribution is 2.45. The van der Waals surface area contributed by atoms with Crippen molar-refractivity contribution in [3.63, 3.8) is 0 Å². The topological polar surface area (TPSA) is 51.6 Å². The van der Waals surface area contributed by atoms with E-state index >= 15 is 0 Å². The smallest absolute Gasteiger partial charge is 0.164 e. The van der Waals surface area contributed by atoms with Crippen molar-refractivity contribution in [2.75, 3.05) is 0 Å². The number of hydrogen-bond donors (Lipinski definition) is 0. The molecule has 62 heavy (non-hydrogen) atoms. The third-order valence-corrected chi connectivity index (χ3v) is 12.7. The molecule has 4 nitrogen and oxygen atoms in total. The van der Waals surface area contributed by atoms with Gasteiger partial charge < -0.3 is 0 Å². The molecule has 0 radical (unpaired) electrons. The van der Waals surface area contributed by atoms with E-state index in [9.17, 15) is 0 Å². The van der Waals surface area contributed by atoms with Gasteiger partial charge >= 0.3 is 0 Å². The van der Waals surface area contributed by atoms with E-state index in [1.54, 1.807) is 6.20 Å². The van der Waals surface area contributed by atoms with Crippen LogP contribution in [0.4, 0.5) is 0 Å². The van der Waals surface area contributed by atoms with Gasteiger partial charge in [-0.15, -0.1) is 0 Å². The summed E-state index contributed by atoms with van der Waals surface area (Å²) in [4.78, 5) is 19.8. The fourth-order valence-corrected chi connectivity index (χ4v) is 9.90. The predicted octanol–water partition coefficient (Wildman–Crippen LogP) is 15.1. The number of pyridine rings is 1. The zero-order valence-electron chi connectivity index (χ0n) is 33.4. The molecule has 11 aromatic carbocycles. The molecule has 286 valence electrons. The van der Waals surface area contributed by atoms with E-state index in [2.05, 4.69) is 175 Å². The Morgan fingerprint density at radius 1 is 0.258 bits per heavy atom. The number of benzene rings is 10. The summed E-state index contributed by atoms with van der Waals surface area (Å²) in [6.07, 6.45) is 3.68. The molecule has 13 aromatic rings. The average Bonchev–Trinajstić information content (AvgIpc) is 3.35. The second-order valence-electron chi connectivity index (χ2n) is 16.2. The zero-order chi connectivity index (χ0) is 40.7. The van der Waals surface area contributed by atoms with Crippen molar-refractivity contribution >= 4 is 75.4 Å².